The van der Waals surface area contributed by atoms with Crippen molar-refractivity contribution in [2.75, 3.05) is 25.6 Å². The summed E-state index contributed by atoms with van der Waals surface area (Å²) in [6.45, 7) is 2.77. The van der Waals surface area contributed by atoms with E-state index in [0.717, 1.165) is 29.0 Å². The lowest BCUT2D eigenvalue weighted by molar-refractivity contribution is 0.315. The first-order valence-corrected chi connectivity index (χ1v) is 7.22. The molecule has 0 aliphatic heterocycles. The number of ether oxygens (including phenoxy) is 1. The van der Waals surface area contributed by atoms with Crippen LogP contribution in [0.15, 0.2) is 42.7 Å². The fraction of sp³-hybridized carbons (Fsp3) is 0.353. The zero-order valence-electron chi connectivity index (χ0n) is 12.9. The summed E-state index contributed by atoms with van der Waals surface area (Å²) in [5.41, 5.74) is 9.51. The molecule has 0 aliphatic carbocycles. The van der Waals surface area contributed by atoms with Crippen molar-refractivity contribution in [3.8, 4) is 5.75 Å². The first-order valence-electron chi connectivity index (χ1n) is 7.22. The molecule has 2 aromatic rings. The van der Waals surface area contributed by atoms with Crippen molar-refractivity contribution in [3.63, 3.8) is 0 Å². The Morgan fingerprint density at radius 1 is 1.14 bits per heavy atom. The van der Waals surface area contributed by atoms with Gasteiger partial charge in [0.05, 0.1) is 18.8 Å². The molecule has 4 heteroatoms. The third kappa shape index (κ3) is 3.95. The minimum absolute atomic E-state index is 0.195. The van der Waals surface area contributed by atoms with Crippen molar-refractivity contribution in [2.24, 2.45) is 5.73 Å². The minimum atomic E-state index is -0.195. The van der Waals surface area contributed by atoms with Crippen LogP contribution in [0.3, 0.4) is 0 Å². The van der Waals surface area contributed by atoms with Crippen LogP contribution in [-0.4, -0.2) is 25.7 Å². The van der Waals surface area contributed by atoms with Crippen LogP contribution < -0.4 is 15.4 Å². The minimum Gasteiger partial charge on any atom is -0.492 e. The summed E-state index contributed by atoms with van der Waals surface area (Å²) in [5, 5.41) is 0. The highest BCUT2D eigenvalue weighted by Gasteiger charge is 2.10. The molecule has 21 heavy (non-hydrogen) atoms. The van der Waals surface area contributed by atoms with Gasteiger partial charge in [0.2, 0.25) is 0 Å². The Balaban J connectivity index is 2.16. The first-order chi connectivity index (χ1) is 10.1. The molecule has 0 spiro atoms. The summed E-state index contributed by atoms with van der Waals surface area (Å²) in [7, 11) is 4.04. The van der Waals surface area contributed by atoms with Gasteiger partial charge in [-0.25, -0.2) is 0 Å². The molecule has 0 saturated carbocycles. The van der Waals surface area contributed by atoms with Gasteiger partial charge in [-0.3, -0.25) is 4.98 Å². The van der Waals surface area contributed by atoms with Gasteiger partial charge in [0.1, 0.15) is 5.75 Å². The highest BCUT2D eigenvalue weighted by molar-refractivity contribution is 5.47. The largest absolute Gasteiger partial charge is 0.492 e. The smallest absolute Gasteiger partial charge is 0.137 e. The standard InChI is InChI=1S/C17H23N3O/c1-4-9-21-16-10-14(11-19-12-16)17(18)13-5-7-15(8-6-13)20(2)3/h5-8,10-12,17H,4,9,18H2,1-3H3. The average molecular weight is 285 g/mol. The molecule has 0 radical (unpaired) electrons. The molecule has 112 valence electrons. The molecule has 0 amide bonds. The molecule has 0 fully saturated rings. The number of pyridine rings is 1. The lowest BCUT2D eigenvalue weighted by Gasteiger charge is -2.16. The topological polar surface area (TPSA) is 51.4 Å². The van der Waals surface area contributed by atoms with Gasteiger partial charge in [0.15, 0.2) is 0 Å². The van der Waals surface area contributed by atoms with Crippen LogP contribution in [0, 0.1) is 0 Å². The van der Waals surface area contributed by atoms with Crippen LogP contribution in [0.4, 0.5) is 5.69 Å². The van der Waals surface area contributed by atoms with Crippen molar-refractivity contribution in [2.45, 2.75) is 19.4 Å². The summed E-state index contributed by atoms with van der Waals surface area (Å²) >= 11 is 0. The van der Waals surface area contributed by atoms with E-state index in [1.807, 2.05) is 20.2 Å². The van der Waals surface area contributed by atoms with Gasteiger partial charge in [-0.15, -0.1) is 0 Å². The highest BCUT2D eigenvalue weighted by atomic mass is 16.5. The summed E-state index contributed by atoms with van der Waals surface area (Å²) in [4.78, 5) is 6.28. The van der Waals surface area contributed by atoms with Gasteiger partial charge in [-0.1, -0.05) is 19.1 Å². The first kappa shape index (κ1) is 15.3. The van der Waals surface area contributed by atoms with Crippen LogP contribution in [-0.2, 0) is 0 Å². The van der Waals surface area contributed by atoms with Gasteiger partial charge in [0.25, 0.3) is 0 Å². The van der Waals surface area contributed by atoms with Crippen LogP contribution in [0.1, 0.15) is 30.5 Å². The molecule has 1 aromatic carbocycles. The van der Waals surface area contributed by atoms with E-state index in [9.17, 15) is 0 Å². The number of hydrogen-bond acceptors (Lipinski definition) is 4. The van der Waals surface area contributed by atoms with E-state index in [0.29, 0.717) is 6.61 Å². The maximum absolute atomic E-state index is 6.33. The Kier molecular flexibility index (Phi) is 5.17. The van der Waals surface area contributed by atoms with Gasteiger partial charge >= 0.3 is 0 Å². The molecule has 1 unspecified atom stereocenters. The molecule has 0 bridgehead atoms. The van der Waals surface area contributed by atoms with E-state index in [1.54, 1.807) is 12.4 Å². The molecule has 1 heterocycles. The monoisotopic (exact) mass is 285 g/mol. The SMILES string of the molecule is CCCOc1cncc(C(N)c2ccc(N(C)C)cc2)c1. The summed E-state index contributed by atoms with van der Waals surface area (Å²) in [6.07, 6.45) is 4.49. The maximum atomic E-state index is 6.33. The van der Waals surface area contributed by atoms with Crippen LogP contribution >= 0.6 is 0 Å². The van der Waals surface area contributed by atoms with E-state index in [2.05, 4.69) is 41.1 Å². The quantitative estimate of drug-likeness (QED) is 0.886. The van der Waals surface area contributed by atoms with Crippen LogP contribution in [0.2, 0.25) is 0 Å². The molecule has 2 N–H and O–H groups in total. The van der Waals surface area contributed by atoms with Crippen molar-refractivity contribution < 1.29 is 4.74 Å². The third-order valence-corrected chi connectivity index (χ3v) is 3.33. The number of nitrogens with two attached hydrogens (primary N) is 1. The Bertz CT molecular complexity index is 567. The van der Waals surface area contributed by atoms with Gasteiger partial charge < -0.3 is 15.4 Å². The fourth-order valence-electron chi connectivity index (χ4n) is 2.08. The number of rotatable bonds is 6. The molecule has 2 rings (SSSR count). The number of benzene rings is 1. The van der Waals surface area contributed by atoms with Crippen LogP contribution in [0.5, 0.6) is 5.75 Å². The Labute approximate surface area is 126 Å². The summed E-state index contributed by atoms with van der Waals surface area (Å²) in [5.74, 6) is 0.773. The molecule has 1 atom stereocenters. The molecular formula is C17H23N3O. The maximum Gasteiger partial charge on any atom is 0.137 e. The number of nitrogens with zero attached hydrogens (tertiary/aromatic N) is 2. The number of hydrogen-bond donors (Lipinski definition) is 1. The number of aromatic nitrogens is 1. The van der Waals surface area contributed by atoms with Crippen molar-refractivity contribution >= 4 is 5.69 Å². The molecule has 0 aliphatic rings. The van der Waals surface area contributed by atoms with Crippen molar-refractivity contribution in [3.05, 3.63) is 53.9 Å². The Morgan fingerprint density at radius 2 is 1.86 bits per heavy atom. The predicted octanol–water partition coefficient (Wildman–Crippen LogP) is 2.98. The second-order valence-electron chi connectivity index (χ2n) is 5.27. The molecular weight excluding hydrogens is 262 g/mol. The summed E-state index contributed by atoms with van der Waals surface area (Å²) < 4.78 is 5.61. The summed E-state index contributed by atoms with van der Waals surface area (Å²) in [6, 6.07) is 10.0. The zero-order valence-corrected chi connectivity index (χ0v) is 12.9. The second kappa shape index (κ2) is 7.09. The van der Waals surface area contributed by atoms with E-state index >= 15 is 0 Å². The van der Waals surface area contributed by atoms with E-state index in [1.165, 1.54) is 0 Å². The molecule has 0 saturated heterocycles. The predicted molar refractivity (Wildman–Crippen MR) is 86.8 cm³/mol. The van der Waals surface area contributed by atoms with E-state index in [4.69, 9.17) is 10.5 Å². The van der Waals surface area contributed by atoms with Crippen LogP contribution in [0.25, 0.3) is 0 Å². The molecule has 1 aromatic heterocycles. The second-order valence-corrected chi connectivity index (χ2v) is 5.27. The Morgan fingerprint density at radius 3 is 2.48 bits per heavy atom. The van der Waals surface area contributed by atoms with Gasteiger partial charge in [0, 0.05) is 26.0 Å². The molecule has 4 nitrogen and oxygen atoms in total. The zero-order chi connectivity index (χ0) is 15.2. The van der Waals surface area contributed by atoms with E-state index in [-0.39, 0.29) is 6.04 Å². The van der Waals surface area contributed by atoms with Crippen molar-refractivity contribution in [1.29, 1.82) is 0 Å². The van der Waals surface area contributed by atoms with Crippen molar-refractivity contribution in [1.82, 2.24) is 4.98 Å². The van der Waals surface area contributed by atoms with Gasteiger partial charge in [-0.05, 0) is 35.7 Å². The Hall–Kier alpha value is -2.07. The normalized spacial score (nSPS) is 12.0. The van der Waals surface area contributed by atoms with E-state index < -0.39 is 0 Å². The average Bonchev–Trinajstić information content (AvgIpc) is 2.52. The van der Waals surface area contributed by atoms with Gasteiger partial charge in [-0.2, -0.15) is 0 Å². The highest BCUT2D eigenvalue weighted by Crippen LogP contribution is 2.24. The lowest BCUT2D eigenvalue weighted by Crippen LogP contribution is -2.13. The fourth-order valence-corrected chi connectivity index (χ4v) is 2.08. The third-order valence-electron chi connectivity index (χ3n) is 3.33. The lowest BCUT2D eigenvalue weighted by atomic mass is 10.0. The number of anilines is 1.